The van der Waals surface area contributed by atoms with Crippen molar-refractivity contribution in [1.82, 2.24) is 20.4 Å². The van der Waals surface area contributed by atoms with Gasteiger partial charge in [0.1, 0.15) is 0 Å². The van der Waals surface area contributed by atoms with Crippen LogP contribution in [0.5, 0.6) is 0 Å². The second-order valence-corrected chi connectivity index (χ2v) is 7.57. The van der Waals surface area contributed by atoms with E-state index >= 15 is 0 Å². The molecule has 27 heavy (non-hydrogen) atoms. The van der Waals surface area contributed by atoms with Gasteiger partial charge in [-0.3, -0.25) is 9.67 Å². The summed E-state index contributed by atoms with van der Waals surface area (Å²) in [5.74, 6) is 1.31. The molecule has 2 unspecified atom stereocenters. The fraction of sp³-hybridized carbons (Fsp3) is 0.524. The number of benzene rings is 1. The second kappa shape index (κ2) is 8.93. The van der Waals surface area contributed by atoms with Gasteiger partial charge in [-0.15, -0.1) is 0 Å². The van der Waals surface area contributed by atoms with Crippen LogP contribution < -0.4 is 15.5 Å². The van der Waals surface area contributed by atoms with Crippen molar-refractivity contribution in [2.45, 2.75) is 38.6 Å². The van der Waals surface area contributed by atoms with E-state index in [0.29, 0.717) is 12.0 Å². The predicted molar refractivity (Wildman–Crippen MR) is 113 cm³/mol. The van der Waals surface area contributed by atoms with Gasteiger partial charge in [0, 0.05) is 46.0 Å². The summed E-state index contributed by atoms with van der Waals surface area (Å²) in [4.78, 5) is 6.83. The van der Waals surface area contributed by atoms with Crippen molar-refractivity contribution >= 4 is 11.6 Å². The number of hydrogen-bond donors (Lipinski definition) is 2. The van der Waals surface area contributed by atoms with Crippen molar-refractivity contribution in [1.29, 1.82) is 0 Å². The molecule has 6 heteroatoms. The van der Waals surface area contributed by atoms with Gasteiger partial charge >= 0.3 is 0 Å². The molecule has 2 N–H and O–H groups in total. The maximum atomic E-state index is 4.43. The van der Waals surface area contributed by atoms with Crippen LogP contribution >= 0.6 is 0 Å². The summed E-state index contributed by atoms with van der Waals surface area (Å²) < 4.78 is 1.86. The van der Waals surface area contributed by atoms with Crippen molar-refractivity contribution in [2.75, 3.05) is 31.6 Å². The van der Waals surface area contributed by atoms with Crippen molar-refractivity contribution in [3.63, 3.8) is 0 Å². The van der Waals surface area contributed by atoms with E-state index in [1.165, 1.54) is 23.2 Å². The SMILES string of the molecule is CN=C(NCC(C)c1cccc(C)c1)NC1CCCN(c2cnn(C)c2)C1. The molecule has 1 aromatic carbocycles. The van der Waals surface area contributed by atoms with Gasteiger partial charge in [0.05, 0.1) is 11.9 Å². The molecule has 1 aromatic heterocycles. The molecule has 3 rings (SSSR count). The summed E-state index contributed by atoms with van der Waals surface area (Å²) >= 11 is 0. The molecule has 2 aromatic rings. The van der Waals surface area contributed by atoms with Gasteiger partial charge in [-0.1, -0.05) is 36.8 Å². The van der Waals surface area contributed by atoms with Crippen molar-refractivity contribution in [3.8, 4) is 0 Å². The third kappa shape index (κ3) is 5.25. The smallest absolute Gasteiger partial charge is 0.191 e. The van der Waals surface area contributed by atoms with Gasteiger partial charge in [-0.25, -0.2) is 0 Å². The zero-order valence-electron chi connectivity index (χ0n) is 16.9. The highest BCUT2D eigenvalue weighted by molar-refractivity contribution is 5.80. The monoisotopic (exact) mass is 368 g/mol. The first kappa shape index (κ1) is 19.3. The standard InChI is InChI=1S/C21H32N6/c1-16-7-5-8-18(11-16)17(2)12-23-21(22-3)25-19-9-6-10-27(14-19)20-13-24-26(4)15-20/h5,7-8,11,13,15,17,19H,6,9-10,12,14H2,1-4H3,(H2,22,23,25). The Morgan fingerprint density at radius 2 is 2.26 bits per heavy atom. The van der Waals surface area contributed by atoms with Gasteiger partial charge in [-0.05, 0) is 31.2 Å². The summed E-state index contributed by atoms with van der Waals surface area (Å²) in [6.07, 6.45) is 6.35. The van der Waals surface area contributed by atoms with Crippen LogP contribution in [0.1, 0.15) is 36.8 Å². The van der Waals surface area contributed by atoms with E-state index in [1.807, 2.05) is 25.0 Å². The van der Waals surface area contributed by atoms with Gasteiger partial charge < -0.3 is 15.5 Å². The van der Waals surface area contributed by atoms with Crippen molar-refractivity contribution in [2.24, 2.45) is 12.0 Å². The highest BCUT2D eigenvalue weighted by Crippen LogP contribution is 2.19. The fourth-order valence-corrected chi connectivity index (χ4v) is 3.63. The van der Waals surface area contributed by atoms with Crippen LogP contribution in [-0.4, -0.2) is 48.5 Å². The Morgan fingerprint density at radius 1 is 1.41 bits per heavy atom. The lowest BCUT2D eigenvalue weighted by Gasteiger charge is -2.34. The van der Waals surface area contributed by atoms with Crippen LogP contribution in [0, 0.1) is 6.92 Å². The molecule has 1 aliphatic heterocycles. The number of anilines is 1. The van der Waals surface area contributed by atoms with E-state index < -0.39 is 0 Å². The maximum absolute atomic E-state index is 4.43. The summed E-state index contributed by atoms with van der Waals surface area (Å²) in [6.45, 7) is 7.31. The minimum Gasteiger partial charge on any atom is -0.367 e. The normalized spacial score (nSPS) is 19.0. The molecule has 0 amide bonds. The number of aliphatic imine (C=N–C) groups is 1. The summed E-state index contributed by atoms with van der Waals surface area (Å²) in [7, 11) is 3.80. The topological polar surface area (TPSA) is 57.5 Å². The molecule has 2 heterocycles. The fourth-order valence-electron chi connectivity index (χ4n) is 3.63. The number of aryl methyl sites for hydroxylation is 2. The summed E-state index contributed by atoms with van der Waals surface area (Å²) in [6, 6.07) is 9.11. The van der Waals surface area contributed by atoms with Crippen LogP contribution in [0.2, 0.25) is 0 Å². The first-order chi connectivity index (χ1) is 13.0. The largest absolute Gasteiger partial charge is 0.367 e. The molecule has 2 atom stereocenters. The molecule has 0 spiro atoms. The number of rotatable bonds is 5. The van der Waals surface area contributed by atoms with E-state index in [-0.39, 0.29) is 0 Å². The number of guanidine groups is 1. The Kier molecular flexibility index (Phi) is 6.37. The van der Waals surface area contributed by atoms with E-state index in [9.17, 15) is 0 Å². The number of aromatic nitrogens is 2. The van der Waals surface area contributed by atoms with Crippen molar-refractivity contribution in [3.05, 3.63) is 47.8 Å². The zero-order valence-corrected chi connectivity index (χ0v) is 16.9. The van der Waals surface area contributed by atoms with E-state index in [4.69, 9.17) is 0 Å². The minimum atomic E-state index is 0.388. The highest BCUT2D eigenvalue weighted by Gasteiger charge is 2.22. The Hall–Kier alpha value is -2.50. The number of hydrogen-bond acceptors (Lipinski definition) is 3. The molecule has 1 aliphatic rings. The van der Waals surface area contributed by atoms with Crippen LogP contribution in [-0.2, 0) is 7.05 Å². The van der Waals surface area contributed by atoms with E-state index in [0.717, 1.165) is 32.0 Å². The lowest BCUT2D eigenvalue weighted by Crippen LogP contribution is -2.51. The summed E-state index contributed by atoms with van der Waals surface area (Å²) in [5, 5.41) is 11.4. The molecular weight excluding hydrogens is 336 g/mol. The third-order valence-corrected chi connectivity index (χ3v) is 5.23. The number of piperidine rings is 1. The van der Waals surface area contributed by atoms with Gasteiger partial charge in [0.2, 0.25) is 0 Å². The minimum absolute atomic E-state index is 0.388. The van der Waals surface area contributed by atoms with Gasteiger partial charge in [0.15, 0.2) is 5.96 Å². The zero-order chi connectivity index (χ0) is 19.2. The molecule has 0 saturated carbocycles. The molecular formula is C21H32N6. The quantitative estimate of drug-likeness (QED) is 0.629. The third-order valence-electron chi connectivity index (χ3n) is 5.23. The molecule has 0 radical (unpaired) electrons. The lowest BCUT2D eigenvalue weighted by molar-refractivity contribution is 0.467. The molecule has 0 bridgehead atoms. The Labute approximate surface area is 162 Å². The Bertz CT molecular complexity index is 766. The number of nitrogens with zero attached hydrogens (tertiary/aromatic N) is 4. The molecule has 6 nitrogen and oxygen atoms in total. The second-order valence-electron chi connectivity index (χ2n) is 7.57. The molecule has 1 saturated heterocycles. The van der Waals surface area contributed by atoms with Crippen LogP contribution in [0.15, 0.2) is 41.7 Å². The van der Waals surface area contributed by atoms with Gasteiger partial charge in [0.25, 0.3) is 0 Å². The molecule has 146 valence electrons. The number of nitrogens with one attached hydrogen (secondary N) is 2. The summed E-state index contributed by atoms with van der Waals surface area (Å²) in [5.41, 5.74) is 3.86. The van der Waals surface area contributed by atoms with Gasteiger partial charge in [-0.2, -0.15) is 5.10 Å². The van der Waals surface area contributed by atoms with Crippen LogP contribution in [0.25, 0.3) is 0 Å². The van der Waals surface area contributed by atoms with E-state index in [1.54, 1.807) is 0 Å². The predicted octanol–water partition coefficient (Wildman–Crippen LogP) is 2.67. The Morgan fingerprint density at radius 3 is 2.96 bits per heavy atom. The molecule has 1 fully saturated rings. The average Bonchev–Trinajstić information content (AvgIpc) is 3.11. The Balaban J connectivity index is 1.52. The molecule has 0 aliphatic carbocycles. The van der Waals surface area contributed by atoms with Crippen LogP contribution in [0.4, 0.5) is 5.69 Å². The highest BCUT2D eigenvalue weighted by atomic mass is 15.3. The first-order valence-corrected chi connectivity index (χ1v) is 9.82. The van der Waals surface area contributed by atoms with Crippen LogP contribution in [0.3, 0.4) is 0 Å². The van der Waals surface area contributed by atoms with Crippen molar-refractivity contribution < 1.29 is 0 Å². The van der Waals surface area contributed by atoms with E-state index in [2.05, 4.69) is 69.9 Å². The average molecular weight is 369 g/mol. The lowest BCUT2D eigenvalue weighted by atomic mass is 9.99. The first-order valence-electron chi connectivity index (χ1n) is 9.82. The maximum Gasteiger partial charge on any atom is 0.191 e.